The van der Waals surface area contributed by atoms with E-state index in [1.165, 1.54) is 20.9 Å². The summed E-state index contributed by atoms with van der Waals surface area (Å²) in [6.45, 7) is 11.7. The molecule has 0 aliphatic carbocycles. The molecule has 2 aromatic carbocycles. The fourth-order valence-electron chi connectivity index (χ4n) is 3.86. The maximum absolute atomic E-state index is 12.6. The summed E-state index contributed by atoms with van der Waals surface area (Å²) in [6, 6.07) is 12.4. The minimum Gasteiger partial charge on any atom is -0.331 e. The van der Waals surface area contributed by atoms with Gasteiger partial charge in [0.2, 0.25) is 5.91 Å². The van der Waals surface area contributed by atoms with E-state index in [2.05, 4.69) is 37.4 Å². The van der Waals surface area contributed by atoms with Gasteiger partial charge in [0.1, 0.15) is 0 Å². The van der Waals surface area contributed by atoms with Crippen LogP contribution in [-0.2, 0) is 9.59 Å². The van der Waals surface area contributed by atoms with E-state index in [1.807, 2.05) is 36.9 Å². The summed E-state index contributed by atoms with van der Waals surface area (Å²) in [5.41, 5.74) is 5.53. The molecular formula is C24H32N3O2S+. The number of para-hydroxylation sites is 1. The molecule has 2 amide bonds. The summed E-state index contributed by atoms with van der Waals surface area (Å²) in [5, 5.41) is 3.06. The van der Waals surface area contributed by atoms with Crippen molar-refractivity contribution in [3.8, 4) is 0 Å². The highest BCUT2D eigenvalue weighted by molar-refractivity contribution is 8.00. The molecule has 1 heterocycles. The lowest BCUT2D eigenvalue weighted by atomic mass is 10.1. The molecule has 5 nitrogen and oxygen atoms in total. The topological polar surface area (TPSA) is 53.9 Å². The van der Waals surface area contributed by atoms with E-state index in [-0.39, 0.29) is 11.8 Å². The van der Waals surface area contributed by atoms with Crippen molar-refractivity contribution < 1.29 is 14.5 Å². The summed E-state index contributed by atoms with van der Waals surface area (Å²) in [4.78, 5) is 29.4. The number of anilines is 1. The minimum absolute atomic E-state index is 0.0348. The fourth-order valence-corrected chi connectivity index (χ4v) is 4.78. The molecular weight excluding hydrogens is 394 g/mol. The molecule has 0 radical (unpaired) electrons. The number of nitrogens with one attached hydrogen (secondary N) is 2. The highest BCUT2D eigenvalue weighted by Gasteiger charge is 2.25. The van der Waals surface area contributed by atoms with Gasteiger partial charge in [0, 0.05) is 10.6 Å². The summed E-state index contributed by atoms with van der Waals surface area (Å²) >= 11 is 1.61. The van der Waals surface area contributed by atoms with Crippen molar-refractivity contribution in [3.05, 3.63) is 58.7 Å². The molecule has 6 heteroatoms. The molecule has 0 atom stereocenters. The number of hydrogen-bond donors (Lipinski definition) is 2. The van der Waals surface area contributed by atoms with Gasteiger partial charge in [-0.25, -0.2) is 0 Å². The molecule has 0 aromatic heterocycles. The Morgan fingerprint density at radius 3 is 2.30 bits per heavy atom. The molecule has 1 aliphatic heterocycles. The minimum atomic E-state index is 0.0348. The summed E-state index contributed by atoms with van der Waals surface area (Å²) < 4.78 is 0. The van der Waals surface area contributed by atoms with E-state index < -0.39 is 0 Å². The van der Waals surface area contributed by atoms with Crippen molar-refractivity contribution >= 4 is 29.3 Å². The Bertz CT molecular complexity index is 900. The molecule has 2 N–H and O–H groups in total. The van der Waals surface area contributed by atoms with Crippen molar-refractivity contribution in [1.29, 1.82) is 0 Å². The normalized spacial score (nSPS) is 14.6. The van der Waals surface area contributed by atoms with Crippen LogP contribution < -0.4 is 10.2 Å². The number of rotatable bonds is 6. The third kappa shape index (κ3) is 5.86. The van der Waals surface area contributed by atoms with Gasteiger partial charge in [0.05, 0.1) is 31.9 Å². The lowest BCUT2D eigenvalue weighted by Crippen LogP contribution is -3.15. The van der Waals surface area contributed by atoms with Crippen LogP contribution >= 0.6 is 11.8 Å². The average Bonchev–Trinajstić information content (AvgIpc) is 2.70. The molecule has 0 unspecified atom stereocenters. The number of carbonyl (C=O) groups excluding carboxylic acids is 2. The zero-order valence-corrected chi connectivity index (χ0v) is 19.2. The third-order valence-corrected chi connectivity index (χ3v) is 6.82. The first-order valence-electron chi connectivity index (χ1n) is 10.5. The van der Waals surface area contributed by atoms with Gasteiger partial charge in [-0.3, -0.25) is 9.59 Å². The predicted molar refractivity (Wildman–Crippen MR) is 123 cm³/mol. The maximum atomic E-state index is 12.6. The maximum Gasteiger partial charge on any atom is 0.279 e. The first-order valence-corrected chi connectivity index (χ1v) is 11.5. The summed E-state index contributed by atoms with van der Waals surface area (Å²) in [6.07, 6.45) is 0. The largest absolute Gasteiger partial charge is 0.331 e. The third-order valence-electron chi connectivity index (χ3n) is 5.66. The molecule has 0 bridgehead atoms. The number of nitrogens with zero attached hydrogens (tertiary/aromatic N) is 1. The van der Waals surface area contributed by atoms with Crippen molar-refractivity contribution in [2.75, 3.05) is 43.8 Å². The lowest BCUT2D eigenvalue weighted by Gasteiger charge is -2.32. The summed E-state index contributed by atoms with van der Waals surface area (Å²) in [7, 11) is 0. The van der Waals surface area contributed by atoms with E-state index in [0.29, 0.717) is 25.4 Å². The second-order valence-electron chi connectivity index (χ2n) is 8.18. The average molecular weight is 427 g/mol. The molecule has 0 spiro atoms. The lowest BCUT2D eigenvalue weighted by molar-refractivity contribution is -0.895. The van der Waals surface area contributed by atoms with E-state index in [9.17, 15) is 9.59 Å². The molecule has 1 fully saturated rings. The SMILES string of the molecule is Cc1ccc(SCC(=O)N2CC[NH+](CC(=O)Nc3c(C)cccc3C)CC2)c(C)c1. The van der Waals surface area contributed by atoms with Gasteiger partial charge in [-0.15, -0.1) is 11.8 Å². The Kier molecular flexibility index (Phi) is 7.56. The van der Waals surface area contributed by atoms with Gasteiger partial charge in [-0.2, -0.15) is 0 Å². The number of quaternary nitrogens is 1. The molecule has 3 rings (SSSR count). The molecule has 1 saturated heterocycles. The van der Waals surface area contributed by atoms with E-state index >= 15 is 0 Å². The number of piperazine rings is 1. The van der Waals surface area contributed by atoms with E-state index in [1.54, 1.807) is 11.8 Å². The second kappa shape index (κ2) is 10.1. The first kappa shape index (κ1) is 22.4. The van der Waals surface area contributed by atoms with Crippen LogP contribution in [-0.4, -0.2) is 55.2 Å². The zero-order valence-electron chi connectivity index (χ0n) is 18.4. The van der Waals surface area contributed by atoms with Gasteiger partial charge in [0.15, 0.2) is 6.54 Å². The number of amides is 2. The van der Waals surface area contributed by atoms with E-state index in [4.69, 9.17) is 0 Å². The van der Waals surface area contributed by atoms with Crippen LogP contribution in [0.3, 0.4) is 0 Å². The molecule has 30 heavy (non-hydrogen) atoms. The quantitative estimate of drug-likeness (QED) is 0.698. The highest BCUT2D eigenvalue weighted by Crippen LogP contribution is 2.23. The number of hydrogen-bond acceptors (Lipinski definition) is 3. The van der Waals surface area contributed by atoms with Crippen molar-refractivity contribution in [1.82, 2.24) is 4.90 Å². The Hall–Kier alpha value is -2.31. The zero-order chi connectivity index (χ0) is 21.7. The predicted octanol–water partition coefficient (Wildman–Crippen LogP) is 2.38. The number of carbonyl (C=O) groups is 2. The van der Waals surface area contributed by atoms with Gasteiger partial charge in [-0.1, -0.05) is 35.9 Å². The van der Waals surface area contributed by atoms with Gasteiger partial charge in [-0.05, 0) is 50.5 Å². The van der Waals surface area contributed by atoms with Crippen molar-refractivity contribution in [2.45, 2.75) is 32.6 Å². The highest BCUT2D eigenvalue weighted by atomic mass is 32.2. The van der Waals surface area contributed by atoms with Gasteiger partial charge in [0.25, 0.3) is 5.91 Å². The fraction of sp³-hybridized carbons (Fsp3) is 0.417. The van der Waals surface area contributed by atoms with Crippen LogP contribution in [0.25, 0.3) is 0 Å². The first-order chi connectivity index (χ1) is 14.3. The second-order valence-corrected chi connectivity index (χ2v) is 9.20. The van der Waals surface area contributed by atoms with Gasteiger partial charge >= 0.3 is 0 Å². The Morgan fingerprint density at radius 1 is 1.00 bits per heavy atom. The molecule has 1 aliphatic rings. The Morgan fingerprint density at radius 2 is 1.67 bits per heavy atom. The molecule has 160 valence electrons. The van der Waals surface area contributed by atoms with Gasteiger partial charge < -0.3 is 15.1 Å². The Labute approximate surface area is 183 Å². The van der Waals surface area contributed by atoms with Crippen LogP contribution in [0.15, 0.2) is 41.3 Å². The smallest absolute Gasteiger partial charge is 0.279 e. The number of benzene rings is 2. The van der Waals surface area contributed by atoms with Crippen molar-refractivity contribution in [2.24, 2.45) is 0 Å². The van der Waals surface area contributed by atoms with Crippen LogP contribution in [0, 0.1) is 27.7 Å². The van der Waals surface area contributed by atoms with Crippen LogP contribution in [0.1, 0.15) is 22.3 Å². The molecule has 2 aromatic rings. The van der Waals surface area contributed by atoms with Crippen molar-refractivity contribution in [3.63, 3.8) is 0 Å². The van der Waals surface area contributed by atoms with Crippen LogP contribution in [0.5, 0.6) is 0 Å². The van der Waals surface area contributed by atoms with Crippen LogP contribution in [0.2, 0.25) is 0 Å². The molecule has 0 saturated carbocycles. The van der Waals surface area contributed by atoms with Crippen LogP contribution in [0.4, 0.5) is 5.69 Å². The standard InChI is InChI=1S/C24H31N3O2S/c1-17-8-9-21(20(4)14-17)30-16-23(29)27-12-10-26(11-13-27)15-22(28)25-24-18(2)6-5-7-19(24)3/h5-9,14H,10-13,15-16H2,1-4H3,(H,25,28)/p+1. The summed E-state index contributed by atoms with van der Waals surface area (Å²) in [5.74, 6) is 0.679. The van der Waals surface area contributed by atoms with E-state index in [0.717, 1.165) is 29.9 Å². The Balaban J connectivity index is 1.44. The number of aryl methyl sites for hydroxylation is 4. The number of thioether (sulfide) groups is 1. The monoisotopic (exact) mass is 426 g/mol.